The Morgan fingerprint density at radius 3 is 2.64 bits per heavy atom. The van der Waals surface area contributed by atoms with Crippen molar-refractivity contribution in [3.8, 4) is 0 Å². The van der Waals surface area contributed by atoms with Gasteiger partial charge in [-0.15, -0.1) is 11.3 Å². The summed E-state index contributed by atoms with van der Waals surface area (Å²) >= 11 is 6.64. The van der Waals surface area contributed by atoms with E-state index < -0.39 is 16.7 Å². The minimum absolute atomic E-state index is 0.0536. The first kappa shape index (κ1) is 17.2. The summed E-state index contributed by atoms with van der Waals surface area (Å²) in [6, 6.07) is 2.76. The lowest BCUT2D eigenvalue weighted by Crippen LogP contribution is -2.69. The van der Waals surface area contributed by atoms with Crippen molar-refractivity contribution in [1.82, 2.24) is 10.2 Å². The van der Waals surface area contributed by atoms with Crippen LogP contribution in [0.1, 0.15) is 36.4 Å². The molecule has 2 aromatic rings. The smallest absolute Gasteiger partial charge is 0.261 e. The van der Waals surface area contributed by atoms with Crippen molar-refractivity contribution in [3.63, 3.8) is 0 Å². The van der Waals surface area contributed by atoms with Crippen LogP contribution in [-0.4, -0.2) is 35.5 Å². The molecule has 1 aromatic heterocycles. The van der Waals surface area contributed by atoms with Gasteiger partial charge < -0.3 is 5.32 Å². The molecule has 25 heavy (non-hydrogen) atoms. The van der Waals surface area contributed by atoms with Crippen molar-refractivity contribution < 1.29 is 13.6 Å². The maximum atomic E-state index is 14.1. The van der Waals surface area contributed by atoms with E-state index in [-0.39, 0.29) is 22.2 Å². The van der Waals surface area contributed by atoms with Crippen LogP contribution in [0.25, 0.3) is 10.1 Å². The van der Waals surface area contributed by atoms with Crippen LogP contribution in [-0.2, 0) is 0 Å². The molecule has 3 aliphatic heterocycles. The maximum Gasteiger partial charge on any atom is 0.261 e. The Morgan fingerprint density at radius 2 is 2.00 bits per heavy atom. The molecular weight excluding hydrogens is 366 g/mol. The predicted molar refractivity (Wildman–Crippen MR) is 96.4 cm³/mol. The summed E-state index contributed by atoms with van der Waals surface area (Å²) in [5.74, 6) is -1.38. The van der Waals surface area contributed by atoms with Crippen LogP contribution in [0.4, 0.5) is 8.78 Å². The first-order chi connectivity index (χ1) is 11.8. The van der Waals surface area contributed by atoms with E-state index in [1.54, 1.807) is 0 Å². The number of nitrogens with zero attached hydrogens (tertiary/aromatic N) is 1. The summed E-state index contributed by atoms with van der Waals surface area (Å²) in [5.41, 5.74) is -0.103. The van der Waals surface area contributed by atoms with E-state index in [0.717, 1.165) is 37.3 Å². The first-order valence-corrected chi connectivity index (χ1v) is 9.61. The molecule has 3 fully saturated rings. The van der Waals surface area contributed by atoms with Crippen molar-refractivity contribution in [1.29, 1.82) is 0 Å². The molecule has 0 radical (unpaired) electrons. The molecule has 1 atom stereocenters. The molecule has 2 bridgehead atoms. The average molecular weight is 385 g/mol. The van der Waals surface area contributed by atoms with Gasteiger partial charge in [0.15, 0.2) is 5.82 Å². The van der Waals surface area contributed by atoms with Gasteiger partial charge in [0.05, 0.1) is 9.58 Å². The van der Waals surface area contributed by atoms with Gasteiger partial charge in [0, 0.05) is 11.6 Å². The van der Waals surface area contributed by atoms with Gasteiger partial charge in [-0.2, -0.15) is 0 Å². The first-order valence-electron chi connectivity index (χ1n) is 8.42. The highest BCUT2D eigenvalue weighted by Crippen LogP contribution is 2.39. The zero-order valence-electron chi connectivity index (χ0n) is 14.0. The third-order valence-electron chi connectivity index (χ3n) is 5.74. The lowest BCUT2D eigenvalue weighted by Gasteiger charge is -2.56. The standard InChI is InChI=1S/C18H19ClF2N2OS/c1-18(2)16(9-3-5-23(18)6-4-9)22-17(24)12-8-10-7-11(20)13(19)14(21)15(10)25-12/h7-9,16H,3-6H2,1-2H3,(H,22,24)/t16-/m1/s1. The minimum atomic E-state index is -0.810. The number of fused-ring (bicyclic) bond motifs is 4. The van der Waals surface area contributed by atoms with E-state index in [2.05, 4.69) is 24.1 Å². The zero-order chi connectivity index (χ0) is 17.9. The number of carbonyl (C=O) groups excluding carboxylic acids is 1. The van der Waals surface area contributed by atoms with Crippen LogP contribution < -0.4 is 5.32 Å². The highest BCUT2D eigenvalue weighted by Gasteiger charge is 2.48. The van der Waals surface area contributed by atoms with E-state index in [1.807, 2.05) is 0 Å². The molecule has 0 aliphatic carbocycles. The highest BCUT2D eigenvalue weighted by molar-refractivity contribution is 7.20. The third kappa shape index (κ3) is 2.66. The van der Waals surface area contributed by atoms with E-state index in [4.69, 9.17) is 11.6 Å². The Bertz CT molecular complexity index is 858. The lowest BCUT2D eigenvalue weighted by molar-refractivity contribution is -0.0377. The Labute approximate surface area is 153 Å². The van der Waals surface area contributed by atoms with Crippen molar-refractivity contribution in [3.05, 3.63) is 33.7 Å². The molecule has 1 amide bonds. The summed E-state index contributed by atoms with van der Waals surface area (Å²) in [5, 5.41) is 2.98. The molecule has 3 saturated heterocycles. The number of rotatable bonds is 2. The van der Waals surface area contributed by atoms with Crippen molar-refractivity contribution >= 4 is 38.9 Å². The van der Waals surface area contributed by atoms with Gasteiger partial charge in [-0.3, -0.25) is 9.69 Å². The number of amides is 1. The fraction of sp³-hybridized carbons (Fsp3) is 0.500. The van der Waals surface area contributed by atoms with Gasteiger partial charge >= 0.3 is 0 Å². The van der Waals surface area contributed by atoms with Crippen LogP contribution in [0.2, 0.25) is 5.02 Å². The molecule has 1 aromatic carbocycles. The summed E-state index contributed by atoms with van der Waals surface area (Å²) < 4.78 is 28.0. The Morgan fingerprint density at radius 1 is 1.32 bits per heavy atom. The fourth-order valence-corrected chi connectivity index (χ4v) is 5.48. The number of hydrogen-bond donors (Lipinski definition) is 1. The zero-order valence-corrected chi connectivity index (χ0v) is 15.6. The summed E-state index contributed by atoms with van der Waals surface area (Å²) in [6.45, 7) is 6.44. The number of hydrogen-bond acceptors (Lipinski definition) is 3. The van der Waals surface area contributed by atoms with Gasteiger partial charge in [-0.05, 0) is 63.2 Å². The molecule has 134 valence electrons. The minimum Gasteiger partial charge on any atom is -0.346 e. The largest absolute Gasteiger partial charge is 0.346 e. The molecule has 1 N–H and O–H groups in total. The number of carbonyl (C=O) groups is 1. The molecule has 3 nitrogen and oxygen atoms in total. The number of benzene rings is 1. The Kier molecular flexibility index (Phi) is 4.05. The SMILES string of the molecule is CC1(C)[C@H](NC(=O)c2cc3cc(F)c(Cl)c(F)c3s2)C2CCN1CC2. The molecule has 3 aliphatic rings. The number of halogens is 3. The van der Waals surface area contributed by atoms with Gasteiger partial charge in [-0.1, -0.05) is 11.6 Å². The molecular formula is C18H19ClF2N2OS. The topological polar surface area (TPSA) is 32.3 Å². The number of nitrogens with one attached hydrogen (secondary N) is 1. The second kappa shape index (κ2) is 5.89. The maximum absolute atomic E-state index is 14.1. The quantitative estimate of drug-likeness (QED) is 0.776. The van der Waals surface area contributed by atoms with Crippen LogP contribution in [0.5, 0.6) is 0 Å². The van der Waals surface area contributed by atoms with Gasteiger partial charge in [0.1, 0.15) is 10.8 Å². The van der Waals surface area contributed by atoms with E-state index in [1.165, 1.54) is 12.1 Å². The number of thiophene rings is 1. The predicted octanol–water partition coefficient (Wildman–Crippen LogP) is 4.44. The van der Waals surface area contributed by atoms with Crippen LogP contribution >= 0.6 is 22.9 Å². The van der Waals surface area contributed by atoms with Crippen molar-refractivity contribution in [2.24, 2.45) is 5.92 Å². The van der Waals surface area contributed by atoms with Crippen LogP contribution in [0, 0.1) is 17.6 Å². The van der Waals surface area contributed by atoms with Gasteiger partial charge in [-0.25, -0.2) is 8.78 Å². The van der Waals surface area contributed by atoms with E-state index in [9.17, 15) is 13.6 Å². The van der Waals surface area contributed by atoms with E-state index >= 15 is 0 Å². The van der Waals surface area contributed by atoms with E-state index in [0.29, 0.717) is 16.2 Å². The molecule has 0 spiro atoms. The Balaban J connectivity index is 1.63. The molecule has 4 heterocycles. The second-order valence-electron chi connectivity index (χ2n) is 7.44. The van der Waals surface area contributed by atoms with Crippen molar-refractivity contribution in [2.75, 3.05) is 13.1 Å². The van der Waals surface area contributed by atoms with Crippen LogP contribution in [0.15, 0.2) is 12.1 Å². The second-order valence-corrected chi connectivity index (χ2v) is 8.87. The van der Waals surface area contributed by atoms with Crippen molar-refractivity contribution in [2.45, 2.75) is 38.3 Å². The molecule has 0 unspecified atom stereocenters. The average Bonchev–Trinajstić information content (AvgIpc) is 3.00. The normalized spacial score (nSPS) is 27.6. The van der Waals surface area contributed by atoms with Crippen LogP contribution in [0.3, 0.4) is 0 Å². The summed E-state index contributed by atoms with van der Waals surface area (Å²) in [7, 11) is 0. The molecule has 0 saturated carbocycles. The third-order valence-corrected chi connectivity index (χ3v) is 7.23. The summed E-state index contributed by atoms with van der Waals surface area (Å²) in [6.07, 6.45) is 2.16. The summed E-state index contributed by atoms with van der Waals surface area (Å²) in [4.78, 5) is 15.6. The fourth-order valence-electron chi connectivity index (χ4n) is 4.29. The number of piperidine rings is 3. The lowest BCUT2D eigenvalue weighted by atomic mass is 9.72. The highest BCUT2D eigenvalue weighted by atomic mass is 35.5. The molecule has 5 rings (SSSR count). The Hall–Kier alpha value is -1.24. The molecule has 7 heteroatoms. The van der Waals surface area contributed by atoms with Gasteiger partial charge in [0.25, 0.3) is 5.91 Å². The monoisotopic (exact) mass is 384 g/mol. The van der Waals surface area contributed by atoms with Gasteiger partial charge in [0.2, 0.25) is 0 Å².